The second-order valence-electron chi connectivity index (χ2n) is 4.76. The van der Waals surface area contributed by atoms with Gasteiger partial charge < -0.3 is 10.5 Å². The third kappa shape index (κ3) is 4.48. The van der Waals surface area contributed by atoms with Gasteiger partial charge >= 0.3 is 6.36 Å². The van der Waals surface area contributed by atoms with Gasteiger partial charge in [-0.15, -0.1) is 25.6 Å². The molecule has 1 fully saturated rings. The second-order valence-corrected chi connectivity index (χ2v) is 6.67. The molecular weight excluding hydrogens is 345 g/mol. The molecule has 1 aromatic rings. The number of hydrogen-bond donors (Lipinski definition) is 1. The van der Waals surface area contributed by atoms with Gasteiger partial charge in [0.25, 0.3) is 0 Å². The van der Waals surface area contributed by atoms with E-state index in [-0.39, 0.29) is 31.5 Å². The zero-order chi connectivity index (χ0) is 15.7. The highest BCUT2D eigenvalue weighted by Gasteiger charge is 2.36. The van der Waals surface area contributed by atoms with Gasteiger partial charge in [-0.2, -0.15) is 4.31 Å². The van der Waals surface area contributed by atoms with E-state index in [0.29, 0.717) is 12.8 Å². The molecule has 10 heteroatoms. The van der Waals surface area contributed by atoms with Crippen molar-refractivity contribution >= 4 is 22.4 Å². The Labute approximate surface area is 132 Å². The molecule has 1 heterocycles. The fourth-order valence-electron chi connectivity index (χ4n) is 2.20. The van der Waals surface area contributed by atoms with E-state index in [1.54, 1.807) is 0 Å². The first-order valence-corrected chi connectivity index (χ1v) is 7.74. The first-order chi connectivity index (χ1) is 9.70. The third-order valence-electron chi connectivity index (χ3n) is 3.11. The first-order valence-electron chi connectivity index (χ1n) is 6.30. The molecule has 0 spiro atoms. The van der Waals surface area contributed by atoms with Crippen LogP contribution in [0.1, 0.15) is 12.8 Å². The summed E-state index contributed by atoms with van der Waals surface area (Å²) in [6.07, 6.45) is -3.70. The summed E-state index contributed by atoms with van der Waals surface area (Å²) in [4.78, 5) is -0.503. The third-order valence-corrected chi connectivity index (χ3v) is 5.02. The Morgan fingerprint density at radius 2 is 1.91 bits per heavy atom. The smallest absolute Gasteiger partial charge is 0.404 e. The predicted octanol–water partition coefficient (Wildman–Crippen LogP) is 2.12. The molecule has 22 heavy (non-hydrogen) atoms. The van der Waals surface area contributed by atoms with Crippen LogP contribution in [0.25, 0.3) is 0 Å². The molecule has 126 valence electrons. The fraction of sp³-hybridized carbons (Fsp3) is 0.500. The molecule has 5 nitrogen and oxygen atoms in total. The monoisotopic (exact) mass is 360 g/mol. The molecule has 0 radical (unpaired) electrons. The van der Waals surface area contributed by atoms with E-state index in [2.05, 4.69) is 4.74 Å². The van der Waals surface area contributed by atoms with Gasteiger partial charge in [0.15, 0.2) is 0 Å². The molecule has 1 unspecified atom stereocenters. The number of nitrogens with zero attached hydrogens (tertiary/aromatic N) is 1. The van der Waals surface area contributed by atoms with Crippen molar-refractivity contribution in [1.82, 2.24) is 4.31 Å². The minimum absolute atomic E-state index is 0. The van der Waals surface area contributed by atoms with Crippen LogP contribution < -0.4 is 10.5 Å². The summed E-state index contributed by atoms with van der Waals surface area (Å²) in [7, 11) is -4.07. The SMILES string of the molecule is Cl.NC1CCCN(S(=O)(=O)c2ccccc2OC(F)(F)F)C1. The average Bonchev–Trinajstić information content (AvgIpc) is 2.37. The van der Waals surface area contributed by atoms with Crippen LogP contribution in [-0.4, -0.2) is 38.2 Å². The number of rotatable bonds is 3. The Morgan fingerprint density at radius 1 is 1.27 bits per heavy atom. The van der Waals surface area contributed by atoms with Crippen LogP contribution in [-0.2, 0) is 10.0 Å². The van der Waals surface area contributed by atoms with Crippen LogP contribution in [0, 0.1) is 0 Å². The van der Waals surface area contributed by atoms with Gasteiger partial charge in [0, 0.05) is 19.1 Å². The molecule has 1 aliphatic rings. The van der Waals surface area contributed by atoms with Crippen molar-refractivity contribution in [2.75, 3.05) is 13.1 Å². The zero-order valence-corrected chi connectivity index (χ0v) is 13.0. The summed E-state index contributed by atoms with van der Waals surface area (Å²) < 4.78 is 66.9. The van der Waals surface area contributed by atoms with Crippen molar-refractivity contribution in [3.05, 3.63) is 24.3 Å². The molecule has 1 saturated heterocycles. The number of nitrogens with two attached hydrogens (primary N) is 1. The Bertz CT molecular complexity index is 610. The Morgan fingerprint density at radius 3 is 2.50 bits per heavy atom. The van der Waals surface area contributed by atoms with Crippen LogP contribution in [0.3, 0.4) is 0 Å². The van der Waals surface area contributed by atoms with E-state index >= 15 is 0 Å². The number of para-hydroxylation sites is 1. The molecule has 1 aliphatic heterocycles. The van der Waals surface area contributed by atoms with Gasteiger partial charge in [-0.1, -0.05) is 12.1 Å². The summed E-state index contributed by atoms with van der Waals surface area (Å²) in [5, 5.41) is 0. The number of halogens is 4. The number of alkyl halides is 3. The maximum absolute atomic E-state index is 12.5. The van der Waals surface area contributed by atoms with Crippen molar-refractivity contribution in [3.63, 3.8) is 0 Å². The fourth-order valence-corrected chi connectivity index (χ4v) is 3.85. The molecule has 2 rings (SSSR count). The lowest BCUT2D eigenvalue weighted by atomic mass is 10.1. The van der Waals surface area contributed by atoms with E-state index in [9.17, 15) is 21.6 Å². The maximum atomic E-state index is 12.5. The summed E-state index contributed by atoms with van der Waals surface area (Å²) >= 11 is 0. The highest BCUT2D eigenvalue weighted by molar-refractivity contribution is 7.89. The lowest BCUT2D eigenvalue weighted by Crippen LogP contribution is -2.45. The van der Waals surface area contributed by atoms with Crippen LogP contribution in [0.4, 0.5) is 13.2 Å². The van der Waals surface area contributed by atoms with E-state index in [0.717, 1.165) is 16.4 Å². The second kappa shape index (κ2) is 7.03. The van der Waals surface area contributed by atoms with E-state index in [4.69, 9.17) is 5.73 Å². The number of piperidine rings is 1. The Hall–Kier alpha value is -1.03. The largest absolute Gasteiger partial charge is 0.573 e. The first kappa shape index (κ1) is 19.0. The average molecular weight is 361 g/mol. The van der Waals surface area contributed by atoms with Crippen molar-refractivity contribution in [1.29, 1.82) is 0 Å². The summed E-state index contributed by atoms with van der Waals surface area (Å²) in [5.74, 6) is -0.732. The van der Waals surface area contributed by atoms with E-state index < -0.39 is 27.0 Å². The van der Waals surface area contributed by atoms with Gasteiger partial charge in [0.05, 0.1) is 0 Å². The van der Waals surface area contributed by atoms with Gasteiger partial charge in [0.2, 0.25) is 10.0 Å². The normalized spacial score (nSPS) is 20.3. The topological polar surface area (TPSA) is 72.6 Å². The van der Waals surface area contributed by atoms with Crippen LogP contribution in [0.5, 0.6) is 5.75 Å². The zero-order valence-electron chi connectivity index (χ0n) is 11.4. The van der Waals surface area contributed by atoms with Crippen molar-refractivity contribution < 1.29 is 26.3 Å². The van der Waals surface area contributed by atoms with Crippen LogP contribution >= 0.6 is 12.4 Å². The predicted molar refractivity (Wildman–Crippen MR) is 76.3 cm³/mol. The lowest BCUT2D eigenvalue weighted by molar-refractivity contribution is -0.275. The molecule has 2 N–H and O–H groups in total. The number of benzene rings is 1. The Balaban J connectivity index is 0.00000242. The van der Waals surface area contributed by atoms with E-state index in [1.165, 1.54) is 12.1 Å². The van der Waals surface area contributed by atoms with Gasteiger partial charge in [-0.3, -0.25) is 0 Å². The molecule has 0 aliphatic carbocycles. The minimum atomic E-state index is -4.95. The summed E-state index contributed by atoms with van der Waals surface area (Å²) in [5.41, 5.74) is 5.72. The number of hydrogen-bond acceptors (Lipinski definition) is 4. The molecule has 0 saturated carbocycles. The Kier molecular flexibility index (Phi) is 6.08. The summed E-state index contributed by atoms with van der Waals surface area (Å²) in [6.45, 7) is 0.319. The standard InChI is InChI=1S/C12H15F3N2O3S.ClH/c13-12(14,15)20-10-5-1-2-6-11(10)21(18,19)17-7-3-4-9(16)8-17;/h1-2,5-6,9H,3-4,7-8,16H2;1H. The van der Waals surface area contributed by atoms with Gasteiger partial charge in [-0.05, 0) is 25.0 Å². The molecule has 0 bridgehead atoms. The summed E-state index contributed by atoms with van der Waals surface area (Å²) in [6, 6.07) is 4.38. The van der Waals surface area contributed by atoms with Crippen LogP contribution in [0.15, 0.2) is 29.2 Å². The number of sulfonamides is 1. The maximum Gasteiger partial charge on any atom is 0.573 e. The highest BCUT2D eigenvalue weighted by Crippen LogP contribution is 2.32. The molecule has 1 aromatic carbocycles. The van der Waals surface area contributed by atoms with Crippen LogP contribution in [0.2, 0.25) is 0 Å². The molecule has 0 amide bonds. The minimum Gasteiger partial charge on any atom is -0.404 e. The lowest BCUT2D eigenvalue weighted by Gasteiger charge is -2.30. The van der Waals surface area contributed by atoms with Gasteiger partial charge in [-0.25, -0.2) is 8.42 Å². The quantitative estimate of drug-likeness (QED) is 0.896. The molecule has 0 aromatic heterocycles. The number of ether oxygens (including phenoxy) is 1. The van der Waals surface area contributed by atoms with E-state index in [1.807, 2.05) is 0 Å². The van der Waals surface area contributed by atoms with Crippen molar-refractivity contribution in [3.8, 4) is 5.75 Å². The van der Waals surface area contributed by atoms with Gasteiger partial charge in [0.1, 0.15) is 10.6 Å². The van der Waals surface area contributed by atoms with Crippen molar-refractivity contribution in [2.24, 2.45) is 5.73 Å². The molecular formula is C12H16ClF3N2O3S. The molecule has 1 atom stereocenters. The highest BCUT2D eigenvalue weighted by atomic mass is 35.5. The van der Waals surface area contributed by atoms with Crippen molar-refractivity contribution in [2.45, 2.75) is 30.1 Å².